The minimum atomic E-state index is 0.0926. The van der Waals surface area contributed by atoms with Gasteiger partial charge in [-0.25, -0.2) is 0 Å². The fraction of sp³-hybridized carbons (Fsp3) is 0.294. The molecule has 0 fully saturated rings. The second-order valence-electron chi connectivity index (χ2n) is 5.12. The summed E-state index contributed by atoms with van der Waals surface area (Å²) in [4.78, 5) is 0. The van der Waals surface area contributed by atoms with Crippen molar-refractivity contribution < 1.29 is 0 Å². The molecule has 0 aliphatic rings. The second kappa shape index (κ2) is 6.23. The Morgan fingerprint density at radius 2 is 1.68 bits per heavy atom. The standard InChI is InChI=1S/C17H20ClN/c1-12-3-7-15(11-13(12)2)17(19)10-6-14-4-8-16(18)9-5-14/h3-5,7-9,11,17H,6,10,19H2,1-2H3. The van der Waals surface area contributed by atoms with E-state index in [2.05, 4.69) is 44.2 Å². The SMILES string of the molecule is Cc1ccc(C(N)CCc2ccc(Cl)cc2)cc1C. The van der Waals surface area contributed by atoms with Gasteiger partial charge in [0, 0.05) is 11.1 Å². The number of aryl methyl sites for hydroxylation is 3. The summed E-state index contributed by atoms with van der Waals surface area (Å²) in [5.74, 6) is 0. The predicted octanol–water partition coefficient (Wildman–Crippen LogP) is 4.59. The Bertz CT molecular complexity index is 546. The third-order valence-corrected chi connectivity index (χ3v) is 3.87. The van der Waals surface area contributed by atoms with Crippen LogP contribution in [0.1, 0.15) is 34.7 Å². The van der Waals surface area contributed by atoms with Crippen molar-refractivity contribution in [3.63, 3.8) is 0 Å². The van der Waals surface area contributed by atoms with E-state index in [0.29, 0.717) is 0 Å². The molecule has 0 saturated heterocycles. The van der Waals surface area contributed by atoms with Gasteiger partial charge in [-0.3, -0.25) is 0 Å². The lowest BCUT2D eigenvalue weighted by atomic mass is 9.97. The van der Waals surface area contributed by atoms with Gasteiger partial charge in [0.2, 0.25) is 0 Å². The van der Waals surface area contributed by atoms with E-state index in [-0.39, 0.29) is 6.04 Å². The van der Waals surface area contributed by atoms with Crippen LogP contribution in [0.5, 0.6) is 0 Å². The number of halogens is 1. The molecule has 0 aliphatic heterocycles. The predicted molar refractivity (Wildman–Crippen MR) is 82.6 cm³/mol. The summed E-state index contributed by atoms with van der Waals surface area (Å²) in [7, 11) is 0. The van der Waals surface area contributed by atoms with Gasteiger partial charge < -0.3 is 5.73 Å². The van der Waals surface area contributed by atoms with E-state index in [4.69, 9.17) is 17.3 Å². The molecule has 0 radical (unpaired) electrons. The molecule has 2 aromatic rings. The first-order valence-electron chi connectivity index (χ1n) is 6.63. The maximum atomic E-state index is 6.27. The molecule has 1 unspecified atom stereocenters. The van der Waals surface area contributed by atoms with Crippen LogP contribution in [-0.2, 0) is 6.42 Å². The van der Waals surface area contributed by atoms with Gasteiger partial charge in [-0.15, -0.1) is 0 Å². The Morgan fingerprint density at radius 1 is 1.00 bits per heavy atom. The maximum Gasteiger partial charge on any atom is 0.0406 e. The zero-order chi connectivity index (χ0) is 13.8. The largest absolute Gasteiger partial charge is 0.324 e. The second-order valence-corrected chi connectivity index (χ2v) is 5.55. The molecule has 0 aromatic heterocycles. The first-order valence-corrected chi connectivity index (χ1v) is 7.01. The molecule has 19 heavy (non-hydrogen) atoms. The molecule has 0 spiro atoms. The van der Waals surface area contributed by atoms with Gasteiger partial charge in [-0.05, 0) is 61.1 Å². The number of hydrogen-bond donors (Lipinski definition) is 1. The molecule has 1 nitrogen and oxygen atoms in total. The van der Waals surface area contributed by atoms with E-state index in [1.54, 1.807) is 0 Å². The van der Waals surface area contributed by atoms with Crippen molar-refractivity contribution in [2.75, 3.05) is 0 Å². The van der Waals surface area contributed by atoms with Crippen molar-refractivity contribution in [2.24, 2.45) is 5.73 Å². The van der Waals surface area contributed by atoms with Crippen molar-refractivity contribution >= 4 is 11.6 Å². The van der Waals surface area contributed by atoms with Crippen molar-refractivity contribution in [3.8, 4) is 0 Å². The van der Waals surface area contributed by atoms with Crippen LogP contribution >= 0.6 is 11.6 Å². The van der Waals surface area contributed by atoms with Gasteiger partial charge in [0.05, 0.1) is 0 Å². The lowest BCUT2D eigenvalue weighted by Crippen LogP contribution is -2.11. The first kappa shape index (κ1) is 14.1. The molecule has 2 rings (SSSR count). The summed E-state index contributed by atoms with van der Waals surface area (Å²) in [6.45, 7) is 4.25. The van der Waals surface area contributed by atoms with Gasteiger partial charge in [-0.2, -0.15) is 0 Å². The zero-order valence-corrected chi connectivity index (χ0v) is 12.2. The summed E-state index contributed by atoms with van der Waals surface area (Å²) in [6.07, 6.45) is 1.93. The number of benzene rings is 2. The molecule has 0 saturated carbocycles. The van der Waals surface area contributed by atoms with Crippen LogP contribution in [0.25, 0.3) is 0 Å². The third-order valence-electron chi connectivity index (χ3n) is 3.62. The highest BCUT2D eigenvalue weighted by Gasteiger charge is 2.07. The monoisotopic (exact) mass is 273 g/mol. The van der Waals surface area contributed by atoms with Crippen LogP contribution in [0.3, 0.4) is 0 Å². The molecule has 2 heteroatoms. The van der Waals surface area contributed by atoms with E-state index in [0.717, 1.165) is 17.9 Å². The van der Waals surface area contributed by atoms with Gasteiger partial charge in [0.1, 0.15) is 0 Å². The minimum Gasteiger partial charge on any atom is -0.324 e. The van der Waals surface area contributed by atoms with Crippen LogP contribution in [0.15, 0.2) is 42.5 Å². The molecule has 2 N–H and O–H groups in total. The van der Waals surface area contributed by atoms with Crippen molar-refractivity contribution in [2.45, 2.75) is 32.7 Å². The molecule has 100 valence electrons. The molecule has 0 aliphatic carbocycles. The highest BCUT2D eigenvalue weighted by Crippen LogP contribution is 2.20. The fourth-order valence-corrected chi connectivity index (χ4v) is 2.26. The third kappa shape index (κ3) is 3.82. The highest BCUT2D eigenvalue weighted by atomic mass is 35.5. The normalized spacial score (nSPS) is 12.4. The lowest BCUT2D eigenvalue weighted by molar-refractivity contribution is 0.651. The van der Waals surface area contributed by atoms with E-state index in [9.17, 15) is 0 Å². The summed E-state index contributed by atoms with van der Waals surface area (Å²) in [5.41, 5.74) is 11.4. The zero-order valence-electron chi connectivity index (χ0n) is 11.5. The maximum absolute atomic E-state index is 6.27. The Balaban J connectivity index is 1.98. The quantitative estimate of drug-likeness (QED) is 0.866. The summed E-state index contributed by atoms with van der Waals surface area (Å²) in [5, 5.41) is 0.780. The number of nitrogens with two attached hydrogens (primary N) is 1. The van der Waals surface area contributed by atoms with Crippen LogP contribution < -0.4 is 5.73 Å². The van der Waals surface area contributed by atoms with Crippen LogP contribution in [-0.4, -0.2) is 0 Å². The molecule has 0 amide bonds. The fourth-order valence-electron chi connectivity index (χ4n) is 2.14. The highest BCUT2D eigenvalue weighted by molar-refractivity contribution is 6.30. The average molecular weight is 274 g/mol. The van der Waals surface area contributed by atoms with Gasteiger partial charge in [0.25, 0.3) is 0 Å². The Labute approximate surface area is 120 Å². The first-order chi connectivity index (χ1) is 9.06. The van der Waals surface area contributed by atoms with Gasteiger partial charge in [-0.1, -0.05) is 41.9 Å². The molecular formula is C17H20ClN. The molecular weight excluding hydrogens is 254 g/mol. The van der Waals surface area contributed by atoms with Crippen molar-refractivity contribution in [3.05, 3.63) is 69.7 Å². The summed E-state index contributed by atoms with van der Waals surface area (Å²) < 4.78 is 0. The lowest BCUT2D eigenvalue weighted by Gasteiger charge is -2.13. The van der Waals surface area contributed by atoms with E-state index >= 15 is 0 Å². The summed E-state index contributed by atoms with van der Waals surface area (Å²) >= 11 is 5.88. The molecule has 0 heterocycles. The van der Waals surface area contributed by atoms with E-state index in [1.807, 2.05) is 12.1 Å². The Kier molecular flexibility index (Phi) is 4.62. The number of rotatable bonds is 4. The molecule has 1 atom stereocenters. The Morgan fingerprint density at radius 3 is 2.32 bits per heavy atom. The number of hydrogen-bond acceptors (Lipinski definition) is 1. The molecule has 2 aromatic carbocycles. The summed E-state index contributed by atoms with van der Waals surface area (Å²) in [6, 6.07) is 14.6. The van der Waals surface area contributed by atoms with E-state index < -0.39 is 0 Å². The molecule has 0 bridgehead atoms. The van der Waals surface area contributed by atoms with Crippen molar-refractivity contribution in [1.82, 2.24) is 0 Å². The van der Waals surface area contributed by atoms with Gasteiger partial charge in [0.15, 0.2) is 0 Å². The average Bonchev–Trinajstić information content (AvgIpc) is 2.41. The Hall–Kier alpha value is -1.31. The van der Waals surface area contributed by atoms with Crippen molar-refractivity contribution in [1.29, 1.82) is 0 Å². The minimum absolute atomic E-state index is 0.0926. The van der Waals surface area contributed by atoms with Crippen LogP contribution in [0, 0.1) is 13.8 Å². The van der Waals surface area contributed by atoms with Crippen LogP contribution in [0.4, 0.5) is 0 Å². The van der Waals surface area contributed by atoms with E-state index in [1.165, 1.54) is 22.3 Å². The van der Waals surface area contributed by atoms with Gasteiger partial charge >= 0.3 is 0 Å². The van der Waals surface area contributed by atoms with Crippen LogP contribution in [0.2, 0.25) is 5.02 Å². The topological polar surface area (TPSA) is 26.0 Å². The smallest absolute Gasteiger partial charge is 0.0406 e.